The number of hydrazone groups is 1. The number of anilines is 1. The Bertz CT molecular complexity index is 1390. The first kappa shape index (κ1) is 23.0. The van der Waals surface area contributed by atoms with Crippen molar-refractivity contribution in [1.29, 1.82) is 0 Å². The van der Waals surface area contributed by atoms with Crippen LogP contribution in [0.25, 0.3) is 11.2 Å². The van der Waals surface area contributed by atoms with Crippen LogP contribution >= 0.6 is 0 Å². The van der Waals surface area contributed by atoms with Crippen molar-refractivity contribution < 1.29 is 9.47 Å². The molecule has 0 aliphatic rings. The number of hydrogen-bond donors (Lipinski definition) is 2. The first-order chi connectivity index (χ1) is 16.6. The van der Waals surface area contributed by atoms with Gasteiger partial charge in [0, 0.05) is 20.2 Å². The summed E-state index contributed by atoms with van der Waals surface area (Å²) in [5, 5.41) is 4.26. The molecule has 0 bridgehead atoms. The number of hydrogen-bond acceptors (Lipinski definition) is 7. The Balaban J connectivity index is 1.49. The number of aromatic nitrogens is 4. The lowest BCUT2D eigenvalue weighted by Crippen LogP contribution is -2.29. The lowest BCUT2D eigenvalue weighted by Gasteiger charge is -2.08. The number of ether oxygens (including phenoxy) is 2. The lowest BCUT2D eigenvalue weighted by atomic mass is 10.2. The van der Waals surface area contributed by atoms with Crippen molar-refractivity contribution >= 4 is 23.3 Å². The maximum absolute atomic E-state index is 12.4. The Kier molecular flexibility index (Phi) is 7.19. The molecule has 0 fully saturated rings. The van der Waals surface area contributed by atoms with E-state index >= 15 is 0 Å². The van der Waals surface area contributed by atoms with Gasteiger partial charge in [0.1, 0.15) is 12.4 Å². The number of rotatable bonds is 10. The van der Waals surface area contributed by atoms with E-state index < -0.39 is 11.2 Å². The van der Waals surface area contributed by atoms with E-state index in [1.807, 2.05) is 61.5 Å². The molecule has 0 spiro atoms. The highest BCUT2D eigenvalue weighted by Gasteiger charge is 2.17. The van der Waals surface area contributed by atoms with E-state index in [-0.39, 0.29) is 11.2 Å². The Morgan fingerprint density at radius 2 is 1.88 bits per heavy atom. The molecule has 4 rings (SSSR count). The van der Waals surface area contributed by atoms with E-state index in [4.69, 9.17) is 9.47 Å². The van der Waals surface area contributed by atoms with Gasteiger partial charge in [0.2, 0.25) is 5.95 Å². The summed E-state index contributed by atoms with van der Waals surface area (Å²) < 4.78 is 14.2. The molecule has 4 aromatic rings. The van der Waals surface area contributed by atoms with Crippen LogP contribution in [0.2, 0.25) is 0 Å². The van der Waals surface area contributed by atoms with Crippen LogP contribution in [0.1, 0.15) is 18.1 Å². The molecule has 10 heteroatoms. The molecule has 2 aromatic carbocycles. The van der Waals surface area contributed by atoms with E-state index in [0.29, 0.717) is 32.3 Å². The number of nitrogens with zero attached hydrogens (tertiary/aromatic N) is 4. The summed E-state index contributed by atoms with van der Waals surface area (Å²) in [4.78, 5) is 31.1. The van der Waals surface area contributed by atoms with E-state index in [1.54, 1.807) is 17.8 Å². The molecule has 2 aromatic heterocycles. The standard InChI is InChI=1S/C24H26N6O4/c1-3-33-14-13-30-20-21(29(2)24(32)27-22(20)31)26-23(30)28-25-15-17-9-11-19(12-10-17)34-16-18-7-5-4-6-8-18/h4-12,15H,3,13-14,16H2,1-2H3,(H,26,28)(H,27,31,32)/b25-15+. The quantitative estimate of drug-likeness (QED) is 0.213. The number of benzene rings is 2. The summed E-state index contributed by atoms with van der Waals surface area (Å²) in [5.41, 5.74) is 4.33. The summed E-state index contributed by atoms with van der Waals surface area (Å²) in [7, 11) is 1.55. The van der Waals surface area contributed by atoms with Crippen LogP contribution in [-0.4, -0.2) is 38.5 Å². The topological polar surface area (TPSA) is 116 Å². The van der Waals surface area contributed by atoms with E-state index in [1.165, 1.54) is 4.57 Å². The van der Waals surface area contributed by atoms with Crippen molar-refractivity contribution in [1.82, 2.24) is 19.1 Å². The van der Waals surface area contributed by atoms with Gasteiger partial charge in [-0.25, -0.2) is 10.2 Å². The van der Waals surface area contributed by atoms with Crippen LogP contribution in [-0.2, 0) is 24.9 Å². The normalized spacial score (nSPS) is 11.4. The number of aryl methyl sites for hydroxylation is 1. The Morgan fingerprint density at radius 3 is 2.62 bits per heavy atom. The Hall–Kier alpha value is -4.18. The molecule has 0 radical (unpaired) electrons. The highest BCUT2D eigenvalue weighted by atomic mass is 16.5. The number of fused-ring (bicyclic) bond motifs is 1. The molecular formula is C24H26N6O4. The van der Waals surface area contributed by atoms with Gasteiger partial charge >= 0.3 is 5.69 Å². The van der Waals surface area contributed by atoms with Gasteiger partial charge in [0.25, 0.3) is 5.56 Å². The van der Waals surface area contributed by atoms with Crippen molar-refractivity contribution in [2.24, 2.45) is 12.1 Å². The third-order valence-electron chi connectivity index (χ3n) is 5.18. The van der Waals surface area contributed by atoms with Crippen LogP contribution in [0, 0.1) is 0 Å². The molecule has 0 aliphatic heterocycles. The smallest absolute Gasteiger partial charge is 0.329 e. The van der Waals surface area contributed by atoms with Crippen molar-refractivity contribution in [2.75, 3.05) is 18.6 Å². The largest absolute Gasteiger partial charge is 0.489 e. The summed E-state index contributed by atoms with van der Waals surface area (Å²) in [5.74, 6) is 1.09. The molecule has 176 valence electrons. The average Bonchev–Trinajstić information content (AvgIpc) is 3.22. The third-order valence-corrected chi connectivity index (χ3v) is 5.18. The van der Waals surface area contributed by atoms with Gasteiger partial charge < -0.3 is 14.0 Å². The van der Waals surface area contributed by atoms with Gasteiger partial charge in [0.15, 0.2) is 11.2 Å². The maximum Gasteiger partial charge on any atom is 0.329 e. The number of aromatic amines is 1. The molecular weight excluding hydrogens is 436 g/mol. The molecule has 0 atom stereocenters. The number of nitrogens with one attached hydrogen (secondary N) is 2. The number of H-pyrrole nitrogens is 1. The van der Waals surface area contributed by atoms with E-state index in [0.717, 1.165) is 16.9 Å². The molecule has 10 nitrogen and oxygen atoms in total. The van der Waals surface area contributed by atoms with Gasteiger partial charge in [-0.2, -0.15) is 10.1 Å². The summed E-state index contributed by atoms with van der Waals surface area (Å²) >= 11 is 0. The van der Waals surface area contributed by atoms with Crippen LogP contribution < -0.4 is 21.4 Å². The van der Waals surface area contributed by atoms with Gasteiger partial charge in [-0.1, -0.05) is 30.3 Å². The second-order valence-corrected chi connectivity index (χ2v) is 7.49. The highest BCUT2D eigenvalue weighted by molar-refractivity contribution is 5.80. The van der Waals surface area contributed by atoms with E-state index in [2.05, 4.69) is 20.5 Å². The first-order valence-electron chi connectivity index (χ1n) is 10.9. The molecule has 2 N–H and O–H groups in total. The van der Waals surface area contributed by atoms with Gasteiger partial charge in [-0.15, -0.1) is 0 Å². The molecule has 0 saturated heterocycles. The monoisotopic (exact) mass is 462 g/mol. The van der Waals surface area contributed by atoms with Crippen LogP contribution in [0.4, 0.5) is 5.95 Å². The molecule has 0 aliphatic carbocycles. The van der Waals surface area contributed by atoms with Gasteiger partial charge in [-0.05, 0) is 42.3 Å². The van der Waals surface area contributed by atoms with Crippen LogP contribution in [0.5, 0.6) is 5.75 Å². The molecule has 0 unspecified atom stereocenters. The van der Waals surface area contributed by atoms with Crippen molar-refractivity contribution in [3.8, 4) is 5.75 Å². The molecule has 0 saturated carbocycles. The average molecular weight is 463 g/mol. The molecule has 0 amide bonds. The number of imidazole rings is 1. The summed E-state index contributed by atoms with van der Waals surface area (Å²) in [6.45, 7) is 3.69. The van der Waals surface area contributed by atoms with Crippen LogP contribution in [0.15, 0.2) is 69.3 Å². The minimum absolute atomic E-state index is 0.267. The second-order valence-electron chi connectivity index (χ2n) is 7.49. The molecule has 2 heterocycles. The maximum atomic E-state index is 12.4. The zero-order valence-corrected chi connectivity index (χ0v) is 19.0. The predicted molar refractivity (Wildman–Crippen MR) is 131 cm³/mol. The first-order valence-corrected chi connectivity index (χ1v) is 10.9. The fourth-order valence-corrected chi connectivity index (χ4v) is 3.39. The fourth-order valence-electron chi connectivity index (χ4n) is 3.39. The van der Waals surface area contributed by atoms with Crippen molar-refractivity contribution in [2.45, 2.75) is 20.1 Å². The van der Waals surface area contributed by atoms with Gasteiger partial charge in [0.05, 0.1) is 12.8 Å². The molecule has 34 heavy (non-hydrogen) atoms. The predicted octanol–water partition coefficient (Wildman–Crippen LogP) is 2.48. The third kappa shape index (κ3) is 5.24. The Morgan fingerprint density at radius 1 is 1.12 bits per heavy atom. The zero-order chi connectivity index (χ0) is 23.9. The summed E-state index contributed by atoms with van der Waals surface area (Å²) in [6.07, 6.45) is 1.64. The lowest BCUT2D eigenvalue weighted by molar-refractivity contribution is 0.140. The summed E-state index contributed by atoms with van der Waals surface area (Å²) in [6, 6.07) is 17.5. The highest BCUT2D eigenvalue weighted by Crippen LogP contribution is 2.16. The minimum atomic E-state index is -0.531. The van der Waals surface area contributed by atoms with Crippen molar-refractivity contribution in [3.05, 3.63) is 86.6 Å². The Labute approximate surface area is 195 Å². The van der Waals surface area contributed by atoms with E-state index in [9.17, 15) is 9.59 Å². The van der Waals surface area contributed by atoms with Gasteiger partial charge in [-0.3, -0.25) is 14.3 Å². The SMILES string of the molecule is CCOCCn1c(N/N=C/c2ccc(OCc3ccccc3)cc2)nc2c1c(=O)[nH]c(=O)n2C. The second kappa shape index (κ2) is 10.6. The fraction of sp³-hybridized carbons (Fsp3) is 0.250. The zero-order valence-electron chi connectivity index (χ0n) is 19.0. The van der Waals surface area contributed by atoms with Crippen LogP contribution in [0.3, 0.4) is 0 Å². The van der Waals surface area contributed by atoms with Crippen molar-refractivity contribution in [3.63, 3.8) is 0 Å². The minimum Gasteiger partial charge on any atom is -0.489 e.